The zero-order valence-electron chi connectivity index (χ0n) is 8.58. The molecule has 0 atom stereocenters. The van der Waals surface area contributed by atoms with Crippen molar-refractivity contribution in [2.75, 3.05) is 6.61 Å². The van der Waals surface area contributed by atoms with Gasteiger partial charge in [0.1, 0.15) is 5.82 Å². The number of aryl methyl sites for hydroxylation is 1. The molecule has 3 heteroatoms. The van der Waals surface area contributed by atoms with Crippen LogP contribution in [0.5, 0.6) is 0 Å². The van der Waals surface area contributed by atoms with Crippen LogP contribution in [-0.2, 0) is 6.42 Å². The Morgan fingerprint density at radius 3 is 2.67 bits per heavy atom. The molecule has 1 rings (SSSR count). The average Bonchev–Trinajstić information content (AvgIpc) is 2.25. The lowest BCUT2D eigenvalue weighted by Gasteiger charge is -2.02. The Labute approximate surface area is 88.7 Å². The maximum Gasteiger partial charge on any atom is 0.152 e. The third kappa shape index (κ3) is 3.80. The molecule has 0 saturated carbocycles. The largest absolute Gasteiger partial charge is 0.396 e. The minimum Gasteiger partial charge on any atom is -0.396 e. The SMILES string of the molecule is O=Cc1ccc(CCCCCO)cc1F. The number of carbonyl (C=O) groups is 1. The molecular weight excluding hydrogens is 195 g/mol. The third-order valence-corrected chi connectivity index (χ3v) is 2.32. The van der Waals surface area contributed by atoms with Gasteiger partial charge in [0.25, 0.3) is 0 Å². The molecule has 1 aromatic carbocycles. The molecule has 0 aliphatic heterocycles. The van der Waals surface area contributed by atoms with Crippen molar-refractivity contribution >= 4 is 6.29 Å². The fourth-order valence-corrected chi connectivity index (χ4v) is 1.44. The summed E-state index contributed by atoms with van der Waals surface area (Å²) >= 11 is 0. The first-order chi connectivity index (χ1) is 7.27. The molecule has 2 nitrogen and oxygen atoms in total. The molecule has 1 aromatic rings. The highest BCUT2D eigenvalue weighted by Crippen LogP contribution is 2.11. The standard InChI is InChI=1S/C12H15FO2/c13-12-8-10(4-2-1-3-7-14)5-6-11(12)9-15/h5-6,8-9,14H,1-4,7H2. The van der Waals surface area contributed by atoms with E-state index in [9.17, 15) is 9.18 Å². The van der Waals surface area contributed by atoms with E-state index in [1.165, 1.54) is 12.1 Å². The number of aliphatic hydroxyl groups excluding tert-OH is 1. The first kappa shape index (κ1) is 11.9. The number of hydrogen-bond acceptors (Lipinski definition) is 2. The predicted octanol–water partition coefficient (Wildman–Crippen LogP) is 2.34. The van der Waals surface area contributed by atoms with E-state index in [2.05, 4.69) is 0 Å². The quantitative estimate of drug-likeness (QED) is 0.578. The topological polar surface area (TPSA) is 37.3 Å². The van der Waals surface area contributed by atoms with E-state index in [0.717, 1.165) is 31.2 Å². The summed E-state index contributed by atoms with van der Waals surface area (Å²) in [5, 5.41) is 8.58. The maximum atomic E-state index is 13.2. The molecule has 0 fully saturated rings. The van der Waals surface area contributed by atoms with Gasteiger partial charge < -0.3 is 5.11 Å². The predicted molar refractivity (Wildman–Crippen MR) is 56.4 cm³/mol. The highest BCUT2D eigenvalue weighted by molar-refractivity contribution is 5.75. The first-order valence-corrected chi connectivity index (χ1v) is 5.12. The first-order valence-electron chi connectivity index (χ1n) is 5.12. The van der Waals surface area contributed by atoms with Gasteiger partial charge in [-0.15, -0.1) is 0 Å². The zero-order valence-corrected chi connectivity index (χ0v) is 8.58. The molecule has 15 heavy (non-hydrogen) atoms. The minimum atomic E-state index is -0.454. The van der Waals surface area contributed by atoms with E-state index in [1.54, 1.807) is 6.07 Å². The van der Waals surface area contributed by atoms with Crippen LogP contribution < -0.4 is 0 Å². The number of aldehydes is 1. The highest BCUT2D eigenvalue weighted by atomic mass is 19.1. The molecule has 0 unspecified atom stereocenters. The second-order valence-electron chi connectivity index (χ2n) is 3.51. The van der Waals surface area contributed by atoms with Crippen LogP contribution in [0.1, 0.15) is 35.2 Å². The lowest BCUT2D eigenvalue weighted by atomic mass is 10.1. The van der Waals surface area contributed by atoms with Gasteiger partial charge in [0.15, 0.2) is 6.29 Å². The van der Waals surface area contributed by atoms with Crippen LogP contribution in [0.15, 0.2) is 18.2 Å². The van der Waals surface area contributed by atoms with Crippen LogP contribution in [0.2, 0.25) is 0 Å². The van der Waals surface area contributed by atoms with E-state index < -0.39 is 5.82 Å². The maximum absolute atomic E-state index is 13.2. The van der Waals surface area contributed by atoms with Crippen LogP contribution in [0.25, 0.3) is 0 Å². The number of aliphatic hydroxyl groups is 1. The molecule has 0 amide bonds. The molecule has 0 radical (unpaired) electrons. The molecule has 0 spiro atoms. The number of carbonyl (C=O) groups excluding carboxylic acids is 1. The minimum absolute atomic E-state index is 0.106. The van der Waals surface area contributed by atoms with Crippen LogP contribution in [0.4, 0.5) is 4.39 Å². The number of benzene rings is 1. The van der Waals surface area contributed by atoms with E-state index >= 15 is 0 Å². The van der Waals surface area contributed by atoms with Crippen molar-refractivity contribution in [1.82, 2.24) is 0 Å². The molecule has 1 N–H and O–H groups in total. The molecule has 0 saturated heterocycles. The van der Waals surface area contributed by atoms with Gasteiger partial charge in [-0.05, 0) is 37.0 Å². The summed E-state index contributed by atoms with van der Waals surface area (Å²) < 4.78 is 13.2. The van der Waals surface area contributed by atoms with Crippen LogP contribution in [-0.4, -0.2) is 18.0 Å². The van der Waals surface area contributed by atoms with Crippen molar-refractivity contribution in [2.45, 2.75) is 25.7 Å². The molecule has 0 bridgehead atoms. The van der Waals surface area contributed by atoms with Gasteiger partial charge >= 0.3 is 0 Å². The van der Waals surface area contributed by atoms with E-state index in [4.69, 9.17) is 5.11 Å². The second kappa shape index (κ2) is 6.30. The van der Waals surface area contributed by atoms with Crippen molar-refractivity contribution in [3.05, 3.63) is 35.1 Å². The molecular formula is C12H15FO2. The van der Waals surface area contributed by atoms with Crippen LogP contribution in [0.3, 0.4) is 0 Å². The lowest BCUT2D eigenvalue weighted by molar-refractivity contribution is 0.112. The Morgan fingerprint density at radius 2 is 2.07 bits per heavy atom. The summed E-state index contributed by atoms with van der Waals surface area (Å²) in [6.45, 7) is 0.207. The fraction of sp³-hybridized carbons (Fsp3) is 0.417. The summed E-state index contributed by atoms with van der Waals surface area (Å²) in [5.74, 6) is -0.454. The molecule has 0 aromatic heterocycles. The number of unbranched alkanes of at least 4 members (excludes halogenated alkanes) is 2. The Bertz CT molecular complexity index is 323. The number of hydrogen-bond donors (Lipinski definition) is 1. The number of rotatable bonds is 6. The summed E-state index contributed by atoms with van der Waals surface area (Å²) in [5.41, 5.74) is 1.00. The zero-order chi connectivity index (χ0) is 11.1. The Kier molecular flexibility index (Phi) is 4.98. The summed E-state index contributed by atoms with van der Waals surface area (Å²) in [6, 6.07) is 4.68. The number of halogens is 1. The molecule has 0 aliphatic rings. The Hall–Kier alpha value is -1.22. The van der Waals surface area contributed by atoms with E-state index in [1.807, 2.05) is 0 Å². The lowest BCUT2D eigenvalue weighted by Crippen LogP contribution is -1.92. The van der Waals surface area contributed by atoms with Gasteiger partial charge in [-0.25, -0.2) is 4.39 Å². The van der Waals surface area contributed by atoms with E-state index in [-0.39, 0.29) is 12.2 Å². The highest BCUT2D eigenvalue weighted by Gasteiger charge is 2.01. The Balaban J connectivity index is 2.48. The van der Waals surface area contributed by atoms with Crippen molar-refractivity contribution in [3.8, 4) is 0 Å². The van der Waals surface area contributed by atoms with Crippen LogP contribution >= 0.6 is 0 Å². The fourth-order valence-electron chi connectivity index (χ4n) is 1.44. The average molecular weight is 210 g/mol. The van der Waals surface area contributed by atoms with Gasteiger partial charge in [0, 0.05) is 6.61 Å². The van der Waals surface area contributed by atoms with Gasteiger partial charge in [0.05, 0.1) is 5.56 Å². The third-order valence-electron chi connectivity index (χ3n) is 2.32. The van der Waals surface area contributed by atoms with Crippen molar-refractivity contribution < 1.29 is 14.3 Å². The monoisotopic (exact) mass is 210 g/mol. The summed E-state index contributed by atoms with van der Waals surface area (Å²) in [4.78, 5) is 10.4. The molecule has 82 valence electrons. The van der Waals surface area contributed by atoms with Gasteiger partial charge in [0.2, 0.25) is 0 Å². The Morgan fingerprint density at radius 1 is 1.27 bits per heavy atom. The van der Waals surface area contributed by atoms with Gasteiger partial charge in [-0.1, -0.05) is 12.5 Å². The second-order valence-corrected chi connectivity index (χ2v) is 3.51. The summed E-state index contributed by atoms with van der Waals surface area (Å²) in [6.07, 6.45) is 3.96. The van der Waals surface area contributed by atoms with Crippen molar-refractivity contribution in [2.24, 2.45) is 0 Å². The van der Waals surface area contributed by atoms with E-state index in [0.29, 0.717) is 6.29 Å². The smallest absolute Gasteiger partial charge is 0.152 e. The normalized spacial score (nSPS) is 10.3. The van der Waals surface area contributed by atoms with Crippen molar-refractivity contribution in [3.63, 3.8) is 0 Å². The molecule has 0 aliphatic carbocycles. The van der Waals surface area contributed by atoms with Crippen molar-refractivity contribution in [1.29, 1.82) is 0 Å². The summed E-state index contributed by atoms with van der Waals surface area (Å²) in [7, 11) is 0. The molecule has 0 heterocycles. The van der Waals surface area contributed by atoms with Gasteiger partial charge in [-0.2, -0.15) is 0 Å². The van der Waals surface area contributed by atoms with Crippen LogP contribution in [0, 0.1) is 5.82 Å². The van der Waals surface area contributed by atoms with Gasteiger partial charge in [-0.3, -0.25) is 4.79 Å².